The molecule has 13 heteroatoms. The first-order valence-electron chi connectivity index (χ1n) is 11.6. The summed E-state index contributed by atoms with van der Waals surface area (Å²) in [5.41, 5.74) is 6.73. The van der Waals surface area contributed by atoms with Crippen molar-refractivity contribution in [2.24, 2.45) is 5.92 Å². The van der Waals surface area contributed by atoms with E-state index in [-0.39, 0.29) is 34.0 Å². The lowest BCUT2D eigenvalue weighted by Gasteiger charge is -2.34. The SMILES string of the molecule is COc1cc(Cc2cnc(N)nc2N)cc(N(C(C#Cc2ccccc2)C(C)C)S(=O)(=O)C(F)(F)F)c1OC. The molecule has 0 saturated heterocycles. The van der Waals surface area contributed by atoms with E-state index in [4.69, 9.17) is 20.9 Å². The Morgan fingerprint density at radius 1 is 1.08 bits per heavy atom. The van der Waals surface area contributed by atoms with Crippen molar-refractivity contribution in [2.45, 2.75) is 31.8 Å². The molecule has 0 aliphatic carbocycles. The van der Waals surface area contributed by atoms with Gasteiger partial charge in [-0.2, -0.15) is 26.6 Å². The van der Waals surface area contributed by atoms with Crippen molar-refractivity contribution in [2.75, 3.05) is 30.0 Å². The van der Waals surface area contributed by atoms with Gasteiger partial charge in [0.05, 0.1) is 19.9 Å². The molecule has 3 aromatic rings. The maximum atomic E-state index is 14.1. The van der Waals surface area contributed by atoms with Crippen LogP contribution in [0, 0.1) is 17.8 Å². The zero-order valence-corrected chi connectivity index (χ0v) is 22.5. The normalized spacial score (nSPS) is 12.4. The third-order valence-electron chi connectivity index (χ3n) is 5.64. The molecule has 3 rings (SSSR count). The van der Waals surface area contributed by atoms with Gasteiger partial charge in [0.15, 0.2) is 11.5 Å². The van der Waals surface area contributed by atoms with Crippen molar-refractivity contribution in [1.29, 1.82) is 0 Å². The van der Waals surface area contributed by atoms with Crippen LogP contribution in [0.1, 0.15) is 30.5 Å². The van der Waals surface area contributed by atoms with Crippen molar-refractivity contribution in [3.8, 4) is 23.3 Å². The lowest BCUT2D eigenvalue weighted by Crippen LogP contribution is -2.48. The molecule has 1 unspecified atom stereocenters. The van der Waals surface area contributed by atoms with E-state index in [2.05, 4.69) is 21.8 Å². The number of nitrogens with two attached hydrogens (primary N) is 2. The second-order valence-electron chi connectivity index (χ2n) is 8.74. The van der Waals surface area contributed by atoms with Crippen LogP contribution in [0.4, 0.5) is 30.6 Å². The number of ether oxygens (including phenoxy) is 2. The zero-order chi connectivity index (χ0) is 29.0. The molecule has 0 bridgehead atoms. The van der Waals surface area contributed by atoms with E-state index in [1.807, 2.05) is 0 Å². The summed E-state index contributed by atoms with van der Waals surface area (Å²) in [6, 6.07) is 9.83. The number of hydrogen-bond donors (Lipinski definition) is 2. The van der Waals surface area contributed by atoms with Crippen molar-refractivity contribution in [3.63, 3.8) is 0 Å². The molecular formula is C26H28F3N5O4S. The van der Waals surface area contributed by atoms with Gasteiger partial charge >= 0.3 is 15.5 Å². The molecule has 0 saturated carbocycles. The van der Waals surface area contributed by atoms with Crippen LogP contribution < -0.4 is 25.2 Å². The summed E-state index contributed by atoms with van der Waals surface area (Å²) in [4.78, 5) is 7.80. The fraction of sp³-hybridized carbons (Fsp3) is 0.308. The zero-order valence-electron chi connectivity index (χ0n) is 21.7. The highest BCUT2D eigenvalue weighted by atomic mass is 32.2. The fourth-order valence-corrected chi connectivity index (χ4v) is 4.98. The lowest BCUT2D eigenvalue weighted by atomic mass is 10.0. The van der Waals surface area contributed by atoms with E-state index in [1.165, 1.54) is 32.5 Å². The summed E-state index contributed by atoms with van der Waals surface area (Å²) >= 11 is 0. The number of sulfonamides is 1. The number of benzene rings is 2. The fourth-order valence-electron chi connectivity index (χ4n) is 3.77. The van der Waals surface area contributed by atoms with Crippen LogP contribution in [0.25, 0.3) is 0 Å². The molecule has 9 nitrogen and oxygen atoms in total. The molecule has 2 aromatic carbocycles. The van der Waals surface area contributed by atoms with Gasteiger partial charge in [-0.3, -0.25) is 0 Å². The largest absolute Gasteiger partial charge is 0.516 e. The third kappa shape index (κ3) is 6.46. The minimum Gasteiger partial charge on any atom is -0.493 e. The minimum atomic E-state index is -5.97. The molecule has 0 spiro atoms. The van der Waals surface area contributed by atoms with Gasteiger partial charge in [0.1, 0.15) is 11.9 Å². The Kier molecular flexibility index (Phi) is 8.81. The number of aromatic nitrogens is 2. The van der Waals surface area contributed by atoms with Gasteiger partial charge < -0.3 is 20.9 Å². The topological polar surface area (TPSA) is 134 Å². The van der Waals surface area contributed by atoms with Crippen LogP contribution in [-0.2, 0) is 16.4 Å². The Morgan fingerprint density at radius 2 is 1.74 bits per heavy atom. The van der Waals surface area contributed by atoms with Crippen molar-refractivity contribution in [1.82, 2.24) is 9.97 Å². The van der Waals surface area contributed by atoms with E-state index < -0.39 is 33.2 Å². The minimum absolute atomic E-state index is 0.000772. The van der Waals surface area contributed by atoms with Crippen LogP contribution in [0.2, 0.25) is 0 Å². The summed E-state index contributed by atoms with van der Waals surface area (Å²) in [6.45, 7) is 3.15. The number of anilines is 3. The monoisotopic (exact) mass is 563 g/mol. The molecule has 0 aliphatic rings. The second kappa shape index (κ2) is 11.7. The summed E-state index contributed by atoms with van der Waals surface area (Å²) < 4.78 is 79.6. The maximum absolute atomic E-state index is 14.1. The maximum Gasteiger partial charge on any atom is 0.516 e. The quantitative estimate of drug-likeness (QED) is 0.393. The summed E-state index contributed by atoms with van der Waals surface area (Å²) in [6.07, 6.45) is 1.40. The Balaban J connectivity index is 2.31. The van der Waals surface area contributed by atoms with Crippen LogP contribution in [-0.4, -0.2) is 44.2 Å². The summed E-state index contributed by atoms with van der Waals surface area (Å²) in [5.74, 6) is 4.65. The highest BCUT2D eigenvalue weighted by Crippen LogP contribution is 2.44. The molecule has 1 heterocycles. The first kappa shape index (κ1) is 29.4. The number of hydrogen-bond acceptors (Lipinski definition) is 8. The number of methoxy groups -OCH3 is 2. The van der Waals surface area contributed by atoms with Gasteiger partial charge in [0.2, 0.25) is 5.95 Å². The molecule has 0 aliphatic heterocycles. The van der Waals surface area contributed by atoms with Crippen molar-refractivity contribution >= 4 is 27.5 Å². The van der Waals surface area contributed by atoms with E-state index in [0.29, 0.717) is 16.7 Å². The summed E-state index contributed by atoms with van der Waals surface area (Å²) in [5, 5.41) is 0. The highest BCUT2D eigenvalue weighted by molar-refractivity contribution is 7.93. The van der Waals surface area contributed by atoms with E-state index in [9.17, 15) is 21.6 Å². The molecule has 1 aromatic heterocycles. The van der Waals surface area contributed by atoms with Crippen LogP contribution in [0.5, 0.6) is 11.5 Å². The predicted octanol–water partition coefficient (Wildman–Crippen LogP) is 3.98. The second-order valence-corrected chi connectivity index (χ2v) is 10.5. The van der Waals surface area contributed by atoms with E-state index >= 15 is 0 Å². The van der Waals surface area contributed by atoms with Gasteiger partial charge in [-0.1, -0.05) is 43.9 Å². The van der Waals surface area contributed by atoms with Gasteiger partial charge in [0, 0.05) is 23.7 Å². The number of nitrogen functional groups attached to an aromatic ring is 2. The number of halogens is 3. The van der Waals surface area contributed by atoms with Crippen molar-refractivity contribution in [3.05, 3.63) is 65.4 Å². The van der Waals surface area contributed by atoms with Gasteiger partial charge in [-0.15, -0.1) is 0 Å². The number of alkyl halides is 3. The molecule has 0 fully saturated rings. The van der Waals surface area contributed by atoms with Crippen LogP contribution >= 0.6 is 0 Å². The molecule has 4 N–H and O–H groups in total. The van der Waals surface area contributed by atoms with Gasteiger partial charge in [-0.05, 0) is 35.7 Å². The van der Waals surface area contributed by atoms with E-state index in [1.54, 1.807) is 44.2 Å². The molecule has 39 heavy (non-hydrogen) atoms. The first-order valence-corrected chi connectivity index (χ1v) is 13.0. The molecule has 208 valence electrons. The molecular weight excluding hydrogens is 535 g/mol. The Hall–Kier alpha value is -4.18. The average Bonchev–Trinajstić information content (AvgIpc) is 2.87. The van der Waals surface area contributed by atoms with Gasteiger partial charge in [0.25, 0.3) is 0 Å². The predicted molar refractivity (Wildman–Crippen MR) is 143 cm³/mol. The third-order valence-corrected chi connectivity index (χ3v) is 7.17. The van der Waals surface area contributed by atoms with E-state index in [0.717, 1.165) is 0 Å². The Labute approximate surface area is 225 Å². The lowest BCUT2D eigenvalue weighted by molar-refractivity contribution is -0.0440. The Morgan fingerprint density at radius 3 is 2.28 bits per heavy atom. The van der Waals surface area contributed by atoms with Gasteiger partial charge in [-0.25, -0.2) is 9.29 Å². The summed E-state index contributed by atoms with van der Waals surface area (Å²) in [7, 11) is -3.49. The number of rotatable bonds is 8. The molecule has 1 atom stereocenters. The number of nitrogens with zero attached hydrogens (tertiary/aromatic N) is 3. The van der Waals surface area contributed by atoms with Crippen LogP contribution in [0.3, 0.4) is 0 Å². The van der Waals surface area contributed by atoms with Crippen LogP contribution in [0.15, 0.2) is 48.7 Å². The smallest absolute Gasteiger partial charge is 0.493 e. The molecule has 0 amide bonds. The Bertz CT molecular complexity index is 1490. The first-order chi connectivity index (χ1) is 18.3. The average molecular weight is 564 g/mol. The molecule has 0 radical (unpaired) electrons. The highest BCUT2D eigenvalue weighted by Gasteiger charge is 2.53. The van der Waals surface area contributed by atoms with Crippen molar-refractivity contribution < 1.29 is 31.1 Å². The standard InChI is InChI=1S/C26H28F3N5O4S/c1-16(2)20(11-10-17-8-6-5-7-9-17)34(39(35,36)26(27,28)29)21-13-18(14-22(37-3)23(21)38-4)12-19-15-32-25(31)33-24(19)30/h5-9,13-16,20H,12H2,1-4H3,(H4,30,31,32,33).